The average Bonchev–Trinajstić information content (AvgIpc) is 2.81. The smallest absolute Gasteiger partial charge is 0.233 e. The normalized spacial score (nSPS) is 21.3. The number of hydrogen-bond acceptors (Lipinski definition) is 2. The molecule has 2 saturated heterocycles. The highest BCUT2D eigenvalue weighted by Crippen LogP contribution is 2.49. The molecule has 1 N–H and O–H groups in total. The number of likely N-dealkylation sites (tertiary alicyclic amines) is 1. The van der Waals surface area contributed by atoms with E-state index in [1.165, 1.54) is 12.1 Å². The Morgan fingerprint density at radius 2 is 1.81 bits per heavy atom. The van der Waals surface area contributed by atoms with Gasteiger partial charge in [0.2, 0.25) is 11.8 Å². The minimum absolute atomic E-state index is 0.0548. The molecule has 0 saturated carbocycles. The number of halogens is 1. The Morgan fingerprint density at radius 3 is 2.47 bits per heavy atom. The van der Waals surface area contributed by atoms with Crippen molar-refractivity contribution >= 4 is 11.8 Å². The molecule has 2 aromatic carbocycles. The van der Waals surface area contributed by atoms with Gasteiger partial charge < -0.3 is 10.2 Å². The quantitative estimate of drug-likeness (QED) is 0.704. The zero-order valence-electron chi connectivity index (χ0n) is 18.2. The van der Waals surface area contributed by atoms with Crippen molar-refractivity contribution in [1.82, 2.24) is 10.2 Å². The Labute approximate surface area is 188 Å². The highest BCUT2D eigenvalue weighted by atomic mass is 19.1. The number of carbonyl (C=O) groups is 2. The van der Waals surface area contributed by atoms with Gasteiger partial charge in [-0.3, -0.25) is 9.59 Å². The fourth-order valence-corrected chi connectivity index (χ4v) is 5.18. The summed E-state index contributed by atoms with van der Waals surface area (Å²) in [4.78, 5) is 27.7. The molecule has 0 bridgehead atoms. The van der Waals surface area contributed by atoms with Crippen LogP contribution in [0.15, 0.2) is 79.4 Å². The fraction of sp³-hybridized carbons (Fsp3) is 0.333. The van der Waals surface area contributed by atoms with E-state index < -0.39 is 0 Å². The lowest BCUT2D eigenvalue weighted by atomic mass is 9.62. The van der Waals surface area contributed by atoms with Crippen molar-refractivity contribution in [3.05, 3.63) is 96.3 Å². The number of nitrogens with zero attached hydrogens (tertiary/aromatic N) is 1. The van der Waals surface area contributed by atoms with Gasteiger partial charge in [-0.05, 0) is 41.5 Å². The number of allylic oxidation sites excluding steroid dienone is 2. The average molecular weight is 433 g/mol. The molecule has 0 radical (unpaired) electrons. The summed E-state index contributed by atoms with van der Waals surface area (Å²) in [5.74, 6) is -0.376. The predicted octanol–water partition coefficient (Wildman–Crippen LogP) is 4.56. The molecule has 2 amide bonds. The first-order chi connectivity index (χ1) is 15.5. The molecule has 2 fully saturated rings. The molecule has 2 heterocycles. The minimum atomic E-state index is -0.356. The number of piperidine rings is 2. The molecule has 2 aliphatic rings. The molecule has 166 valence electrons. The molecule has 5 heteroatoms. The molecule has 32 heavy (non-hydrogen) atoms. The van der Waals surface area contributed by atoms with E-state index in [0.29, 0.717) is 26.1 Å². The van der Waals surface area contributed by atoms with E-state index in [2.05, 4.69) is 11.9 Å². The van der Waals surface area contributed by atoms with Gasteiger partial charge in [0, 0.05) is 32.0 Å². The number of rotatable bonds is 5. The van der Waals surface area contributed by atoms with Gasteiger partial charge in [-0.2, -0.15) is 0 Å². The van der Waals surface area contributed by atoms with Gasteiger partial charge in [-0.15, -0.1) is 0 Å². The van der Waals surface area contributed by atoms with Crippen molar-refractivity contribution in [2.24, 2.45) is 5.41 Å². The van der Waals surface area contributed by atoms with E-state index in [1.54, 1.807) is 6.08 Å². The van der Waals surface area contributed by atoms with Crippen LogP contribution in [0, 0.1) is 11.2 Å². The Balaban J connectivity index is 1.53. The van der Waals surface area contributed by atoms with E-state index >= 15 is 0 Å². The largest absolute Gasteiger partial charge is 0.355 e. The second-order valence-corrected chi connectivity index (χ2v) is 8.78. The van der Waals surface area contributed by atoms with Crippen LogP contribution in [0.5, 0.6) is 0 Å². The van der Waals surface area contributed by atoms with Gasteiger partial charge in [0.1, 0.15) is 5.82 Å². The Hall–Kier alpha value is -3.21. The SMILES string of the molecule is C=CC=CC(C(=O)N1CCC2(CC1)CC(=O)NCC2c1ccc(F)cc1)c1ccccc1. The zero-order chi connectivity index (χ0) is 22.6. The fourth-order valence-electron chi connectivity index (χ4n) is 5.18. The molecule has 4 rings (SSSR count). The first kappa shape index (κ1) is 22.0. The summed E-state index contributed by atoms with van der Waals surface area (Å²) < 4.78 is 13.5. The monoisotopic (exact) mass is 432 g/mol. The second-order valence-electron chi connectivity index (χ2n) is 8.78. The highest BCUT2D eigenvalue weighted by molar-refractivity contribution is 5.86. The first-order valence-corrected chi connectivity index (χ1v) is 11.2. The maximum absolute atomic E-state index is 13.5. The minimum Gasteiger partial charge on any atom is -0.355 e. The van der Waals surface area contributed by atoms with Crippen LogP contribution < -0.4 is 5.32 Å². The molecular formula is C27H29FN2O2. The molecule has 2 atom stereocenters. The molecule has 0 aromatic heterocycles. The molecule has 0 aliphatic carbocycles. The van der Waals surface area contributed by atoms with Crippen molar-refractivity contribution in [3.8, 4) is 0 Å². The lowest BCUT2D eigenvalue weighted by Gasteiger charge is -2.49. The molecule has 2 unspecified atom stereocenters. The van der Waals surface area contributed by atoms with Crippen LogP contribution >= 0.6 is 0 Å². The van der Waals surface area contributed by atoms with Gasteiger partial charge in [0.05, 0.1) is 5.92 Å². The number of hydrogen-bond donors (Lipinski definition) is 1. The van der Waals surface area contributed by atoms with Gasteiger partial charge in [-0.1, -0.05) is 67.3 Å². The first-order valence-electron chi connectivity index (χ1n) is 11.2. The van der Waals surface area contributed by atoms with Crippen LogP contribution in [-0.2, 0) is 9.59 Å². The third-order valence-corrected chi connectivity index (χ3v) is 6.96. The molecule has 4 nitrogen and oxygen atoms in total. The summed E-state index contributed by atoms with van der Waals surface area (Å²) in [5, 5.41) is 2.98. The zero-order valence-corrected chi connectivity index (χ0v) is 18.2. The lowest BCUT2D eigenvalue weighted by molar-refractivity contribution is -0.136. The van der Waals surface area contributed by atoms with E-state index in [1.807, 2.05) is 59.5 Å². The van der Waals surface area contributed by atoms with Crippen LogP contribution in [0.25, 0.3) is 0 Å². The van der Waals surface area contributed by atoms with Gasteiger partial charge >= 0.3 is 0 Å². The summed E-state index contributed by atoms with van der Waals surface area (Å²) in [6.45, 7) is 5.49. The van der Waals surface area contributed by atoms with Gasteiger partial charge in [0.15, 0.2) is 0 Å². The van der Waals surface area contributed by atoms with E-state index in [9.17, 15) is 14.0 Å². The second kappa shape index (κ2) is 9.51. The molecule has 1 spiro atoms. The van der Waals surface area contributed by atoms with Crippen molar-refractivity contribution in [1.29, 1.82) is 0 Å². The Morgan fingerprint density at radius 1 is 1.12 bits per heavy atom. The lowest BCUT2D eigenvalue weighted by Crippen LogP contribution is -2.53. The van der Waals surface area contributed by atoms with Crippen LogP contribution in [0.3, 0.4) is 0 Å². The van der Waals surface area contributed by atoms with Gasteiger partial charge in [-0.25, -0.2) is 4.39 Å². The van der Waals surface area contributed by atoms with Crippen LogP contribution in [0.1, 0.15) is 42.2 Å². The van der Waals surface area contributed by atoms with Gasteiger partial charge in [0.25, 0.3) is 0 Å². The Kier molecular flexibility index (Phi) is 6.54. The number of carbonyl (C=O) groups excluding carboxylic acids is 2. The van der Waals surface area contributed by atoms with Crippen molar-refractivity contribution in [2.75, 3.05) is 19.6 Å². The van der Waals surface area contributed by atoms with Crippen molar-refractivity contribution < 1.29 is 14.0 Å². The van der Waals surface area contributed by atoms with Crippen molar-refractivity contribution in [3.63, 3.8) is 0 Å². The summed E-state index contributed by atoms with van der Waals surface area (Å²) >= 11 is 0. The maximum atomic E-state index is 13.5. The standard InChI is InChI=1S/C27H29FN2O2/c1-2-3-9-23(20-7-5-4-6-8-20)26(32)30-16-14-27(15-17-30)18-25(31)29-19-24(27)21-10-12-22(28)13-11-21/h2-13,23-24H,1,14-19H2,(H,29,31). The Bertz CT molecular complexity index is 992. The van der Waals surface area contributed by atoms with E-state index in [4.69, 9.17) is 0 Å². The number of nitrogens with one attached hydrogen (secondary N) is 1. The highest BCUT2D eigenvalue weighted by Gasteiger charge is 2.47. The third kappa shape index (κ3) is 4.52. The van der Waals surface area contributed by atoms with E-state index in [-0.39, 0.29) is 34.9 Å². The van der Waals surface area contributed by atoms with Crippen LogP contribution in [-0.4, -0.2) is 36.3 Å². The summed E-state index contributed by atoms with van der Waals surface area (Å²) in [6, 6.07) is 16.4. The van der Waals surface area contributed by atoms with Crippen LogP contribution in [0.2, 0.25) is 0 Å². The number of benzene rings is 2. The summed E-state index contributed by atoms with van der Waals surface area (Å²) in [6.07, 6.45) is 7.33. The molecular weight excluding hydrogens is 403 g/mol. The van der Waals surface area contributed by atoms with Crippen molar-refractivity contribution in [2.45, 2.75) is 31.1 Å². The topological polar surface area (TPSA) is 49.4 Å². The van der Waals surface area contributed by atoms with Crippen LogP contribution in [0.4, 0.5) is 4.39 Å². The molecule has 2 aliphatic heterocycles. The van der Waals surface area contributed by atoms with E-state index in [0.717, 1.165) is 24.0 Å². The summed E-state index contributed by atoms with van der Waals surface area (Å²) in [5.41, 5.74) is 1.79. The predicted molar refractivity (Wildman–Crippen MR) is 124 cm³/mol. The maximum Gasteiger partial charge on any atom is 0.233 e. The third-order valence-electron chi connectivity index (χ3n) is 6.96. The summed E-state index contributed by atoms with van der Waals surface area (Å²) in [7, 11) is 0. The molecule has 2 aromatic rings. The number of amides is 2.